The second kappa shape index (κ2) is 3.80. The Morgan fingerprint density at radius 1 is 1.57 bits per heavy atom. The number of nitrogens with zero attached hydrogens (tertiary/aromatic N) is 1. The van der Waals surface area contributed by atoms with Crippen molar-refractivity contribution in [3.8, 4) is 6.07 Å². The van der Waals surface area contributed by atoms with Crippen LogP contribution in [0.15, 0.2) is 11.0 Å². The largest absolute Gasteiger partial charge is 0.205 e. The van der Waals surface area contributed by atoms with Gasteiger partial charge in [-0.1, -0.05) is 11.6 Å². The van der Waals surface area contributed by atoms with Crippen LogP contribution in [-0.2, 0) is 6.42 Å². The van der Waals surface area contributed by atoms with Crippen molar-refractivity contribution in [3.63, 3.8) is 0 Å². The minimum atomic E-state index is -0.482. The molecule has 1 aliphatic rings. The highest BCUT2D eigenvalue weighted by Gasteiger charge is 2.19. The summed E-state index contributed by atoms with van der Waals surface area (Å²) in [6.07, 6.45) is 1.87. The summed E-state index contributed by atoms with van der Waals surface area (Å²) < 4.78 is 13.3. The van der Waals surface area contributed by atoms with E-state index in [9.17, 15) is 4.39 Å². The first-order valence-corrected chi connectivity index (χ1v) is 5.64. The van der Waals surface area contributed by atoms with Gasteiger partial charge in [0.25, 0.3) is 0 Å². The van der Waals surface area contributed by atoms with Crippen LogP contribution < -0.4 is 0 Å². The Hall–Kier alpha value is -0.720. The first-order valence-electron chi connectivity index (χ1n) is 4.28. The van der Waals surface area contributed by atoms with Gasteiger partial charge in [-0.15, -0.1) is 11.8 Å². The molecule has 1 aromatic carbocycles. The first-order chi connectivity index (χ1) is 6.74. The predicted molar refractivity (Wildman–Crippen MR) is 55.2 cm³/mol. The molecule has 0 N–H and O–H groups in total. The SMILES string of the molecule is N#Cc1c(Cl)c(F)cc2c1SCCC2. The van der Waals surface area contributed by atoms with Crippen LogP contribution in [0.2, 0.25) is 5.02 Å². The molecule has 14 heavy (non-hydrogen) atoms. The van der Waals surface area contributed by atoms with E-state index in [1.165, 1.54) is 6.07 Å². The van der Waals surface area contributed by atoms with Gasteiger partial charge in [-0.25, -0.2) is 4.39 Å². The summed E-state index contributed by atoms with van der Waals surface area (Å²) >= 11 is 7.31. The van der Waals surface area contributed by atoms with Gasteiger partial charge in [0.2, 0.25) is 0 Å². The number of thioether (sulfide) groups is 1. The fourth-order valence-electron chi connectivity index (χ4n) is 1.55. The number of hydrogen-bond donors (Lipinski definition) is 0. The van der Waals surface area contributed by atoms with Gasteiger partial charge < -0.3 is 0 Å². The molecule has 2 rings (SSSR count). The number of aryl methyl sites for hydroxylation is 1. The Balaban J connectivity index is 2.67. The third-order valence-corrected chi connectivity index (χ3v) is 3.81. The Bertz CT molecular complexity index is 425. The average molecular weight is 228 g/mol. The quantitative estimate of drug-likeness (QED) is 0.679. The third-order valence-electron chi connectivity index (χ3n) is 2.20. The summed E-state index contributed by atoms with van der Waals surface area (Å²) in [5.74, 6) is 0.494. The van der Waals surface area contributed by atoms with Crippen molar-refractivity contribution in [2.45, 2.75) is 17.7 Å². The molecule has 4 heteroatoms. The van der Waals surface area contributed by atoms with Crippen LogP contribution in [0.4, 0.5) is 4.39 Å². The van der Waals surface area contributed by atoms with Crippen molar-refractivity contribution in [1.29, 1.82) is 5.26 Å². The second-order valence-electron chi connectivity index (χ2n) is 3.10. The lowest BCUT2D eigenvalue weighted by molar-refractivity contribution is 0.622. The maximum Gasteiger partial charge on any atom is 0.143 e. The fourth-order valence-corrected chi connectivity index (χ4v) is 2.93. The fraction of sp³-hybridized carbons (Fsp3) is 0.300. The molecule has 1 aliphatic heterocycles. The molecule has 1 nitrogen and oxygen atoms in total. The van der Waals surface area contributed by atoms with Gasteiger partial charge in [0.1, 0.15) is 11.9 Å². The lowest BCUT2D eigenvalue weighted by Gasteiger charge is -2.17. The van der Waals surface area contributed by atoms with Crippen LogP contribution in [0.3, 0.4) is 0 Å². The summed E-state index contributed by atoms with van der Waals surface area (Å²) in [5.41, 5.74) is 1.21. The van der Waals surface area contributed by atoms with Crippen LogP contribution >= 0.6 is 23.4 Å². The summed E-state index contributed by atoms with van der Waals surface area (Å²) in [6, 6.07) is 3.42. The highest BCUT2D eigenvalue weighted by Crippen LogP contribution is 2.37. The molecule has 0 unspecified atom stereocenters. The zero-order valence-corrected chi connectivity index (χ0v) is 8.88. The van der Waals surface area contributed by atoms with Crippen LogP contribution in [-0.4, -0.2) is 5.75 Å². The van der Waals surface area contributed by atoms with Gasteiger partial charge in [0.05, 0.1) is 10.6 Å². The molecule has 0 fully saturated rings. The summed E-state index contributed by atoms with van der Waals surface area (Å²) in [4.78, 5) is 0.866. The molecule has 1 heterocycles. The van der Waals surface area contributed by atoms with E-state index in [0.717, 1.165) is 29.1 Å². The molecule has 0 aliphatic carbocycles. The van der Waals surface area contributed by atoms with Crippen molar-refractivity contribution >= 4 is 23.4 Å². The molecule has 0 saturated carbocycles. The van der Waals surface area contributed by atoms with E-state index in [4.69, 9.17) is 16.9 Å². The standard InChI is InChI=1S/C10H7ClFNS/c11-9-7(5-13)10-6(4-8(9)12)2-1-3-14-10/h4H,1-3H2. The molecule has 0 saturated heterocycles. The molecule has 0 radical (unpaired) electrons. The number of fused-ring (bicyclic) bond motifs is 1. The lowest BCUT2D eigenvalue weighted by Crippen LogP contribution is -2.02. The zero-order valence-electron chi connectivity index (χ0n) is 7.31. The monoisotopic (exact) mass is 227 g/mol. The molecule has 0 spiro atoms. The molecule has 0 bridgehead atoms. The van der Waals surface area contributed by atoms with E-state index in [1.54, 1.807) is 11.8 Å². The Morgan fingerprint density at radius 2 is 2.36 bits per heavy atom. The van der Waals surface area contributed by atoms with E-state index in [1.807, 2.05) is 6.07 Å². The smallest absolute Gasteiger partial charge is 0.143 e. The summed E-state index contributed by atoms with van der Waals surface area (Å²) in [7, 11) is 0. The number of benzene rings is 1. The Kier molecular flexibility index (Phi) is 2.66. The minimum Gasteiger partial charge on any atom is -0.205 e. The molecule has 0 amide bonds. The normalized spacial score (nSPS) is 14.6. The van der Waals surface area contributed by atoms with Crippen LogP contribution in [0, 0.1) is 17.1 Å². The first kappa shape index (κ1) is 9.82. The lowest BCUT2D eigenvalue weighted by atomic mass is 10.1. The van der Waals surface area contributed by atoms with Gasteiger partial charge in [-0.3, -0.25) is 0 Å². The maximum atomic E-state index is 13.3. The molecule has 0 aromatic heterocycles. The van der Waals surface area contributed by atoms with E-state index >= 15 is 0 Å². The number of nitriles is 1. The number of halogens is 2. The van der Waals surface area contributed by atoms with Crippen molar-refractivity contribution < 1.29 is 4.39 Å². The maximum absolute atomic E-state index is 13.3. The molecule has 1 aromatic rings. The van der Waals surface area contributed by atoms with E-state index < -0.39 is 5.82 Å². The van der Waals surface area contributed by atoms with Crippen LogP contribution in [0.1, 0.15) is 17.5 Å². The summed E-state index contributed by atoms with van der Waals surface area (Å²) in [6.45, 7) is 0. The Morgan fingerprint density at radius 3 is 3.07 bits per heavy atom. The highest BCUT2D eigenvalue weighted by atomic mass is 35.5. The van der Waals surface area contributed by atoms with Gasteiger partial charge >= 0.3 is 0 Å². The number of hydrogen-bond acceptors (Lipinski definition) is 2. The van der Waals surface area contributed by atoms with Crippen LogP contribution in [0.5, 0.6) is 0 Å². The van der Waals surface area contributed by atoms with Crippen molar-refractivity contribution in [3.05, 3.63) is 28.0 Å². The topological polar surface area (TPSA) is 23.8 Å². The third kappa shape index (κ3) is 1.49. The van der Waals surface area contributed by atoms with Crippen LogP contribution in [0.25, 0.3) is 0 Å². The van der Waals surface area contributed by atoms with Gasteiger partial charge in [-0.05, 0) is 30.2 Å². The van der Waals surface area contributed by atoms with E-state index in [-0.39, 0.29) is 5.02 Å². The minimum absolute atomic E-state index is 0.0411. The molecule has 0 atom stereocenters. The highest BCUT2D eigenvalue weighted by molar-refractivity contribution is 7.99. The molecule has 72 valence electrons. The molecular formula is C10H7ClFNS. The second-order valence-corrected chi connectivity index (χ2v) is 4.58. The molecular weight excluding hydrogens is 221 g/mol. The summed E-state index contributed by atoms with van der Waals surface area (Å²) in [5, 5.41) is 8.84. The average Bonchev–Trinajstić information content (AvgIpc) is 2.20. The van der Waals surface area contributed by atoms with Gasteiger partial charge in [-0.2, -0.15) is 5.26 Å². The predicted octanol–water partition coefficient (Wildman–Crippen LogP) is 3.39. The Labute approximate surface area is 90.9 Å². The van der Waals surface area contributed by atoms with Crippen molar-refractivity contribution in [2.75, 3.05) is 5.75 Å². The number of rotatable bonds is 0. The van der Waals surface area contributed by atoms with Crippen molar-refractivity contribution in [2.24, 2.45) is 0 Å². The zero-order chi connectivity index (χ0) is 10.1. The van der Waals surface area contributed by atoms with E-state index in [0.29, 0.717) is 5.56 Å². The van der Waals surface area contributed by atoms with Gasteiger partial charge in [0.15, 0.2) is 0 Å². The van der Waals surface area contributed by atoms with Gasteiger partial charge in [0, 0.05) is 4.90 Å². The van der Waals surface area contributed by atoms with E-state index in [2.05, 4.69) is 0 Å². The van der Waals surface area contributed by atoms with Crippen molar-refractivity contribution in [1.82, 2.24) is 0 Å².